The summed E-state index contributed by atoms with van der Waals surface area (Å²) in [6.07, 6.45) is 3.00. The van der Waals surface area contributed by atoms with Crippen LogP contribution in [-0.2, 0) is 10.3 Å². The second-order valence-electron chi connectivity index (χ2n) is 7.29. The van der Waals surface area contributed by atoms with Gasteiger partial charge in [-0.25, -0.2) is 14.8 Å². The molecule has 128 valence electrons. The van der Waals surface area contributed by atoms with E-state index in [0.717, 1.165) is 0 Å². The van der Waals surface area contributed by atoms with Gasteiger partial charge >= 0.3 is 6.09 Å². The van der Waals surface area contributed by atoms with Gasteiger partial charge < -0.3 is 19.6 Å². The van der Waals surface area contributed by atoms with Crippen LogP contribution in [0.1, 0.15) is 40.2 Å². The van der Waals surface area contributed by atoms with Gasteiger partial charge in [0.1, 0.15) is 5.60 Å². The Morgan fingerprint density at radius 2 is 1.61 bits per heavy atom. The Kier molecular flexibility index (Phi) is 4.79. The predicted molar refractivity (Wildman–Crippen MR) is 87.3 cm³/mol. The van der Waals surface area contributed by atoms with E-state index in [0.29, 0.717) is 37.7 Å². The highest BCUT2D eigenvalue weighted by Gasteiger charge is 2.27. The molecule has 0 saturated carbocycles. The monoisotopic (exact) mass is 322 g/mol. The van der Waals surface area contributed by atoms with Gasteiger partial charge in [-0.1, -0.05) is 0 Å². The molecule has 0 atom stereocenters. The van der Waals surface area contributed by atoms with Gasteiger partial charge in [-0.15, -0.1) is 0 Å². The standard InChI is InChI=1S/C16H26N4O3/c1-15(2,3)23-14(21)20-8-6-19(7-9-20)13-17-10-12(11-18-13)16(4,5)22/h10-11,22H,6-9H2,1-5H3. The van der Waals surface area contributed by atoms with Crippen LogP contribution in [0.25, 0.3) is 0 Å². The number of aromatic nitrogens is 2. The van der Waals surface area contributed by atoms with E-state index in [1.165, 1.54) is 0 Å². The molecule has 2 rings (SSSR count). The van der Waals surface area contributed by atoms with Gasteiger partial charge in [-0.3, -0.25) is 0 Å². The van der Waals surface area contributed by atoms with Gasteiger partial charge in [0.25, 0.3) is 0 Å². The van der Waals surface area contributed by atoms with Crippen molar-refractivity contribution in [1.29, 1.82) is 0 Å². The molecule has 0 aliphatic carbocycles. The first-order valence-corrected chi connectivity index (χ1v) is 7.84. The zero-order valence-corrected chi connectivity index (χ0v) is 14.5. The zero-order chi connectivity index (χ0) is 17.3. The highest BCUT2D eigenvalue weighted by Crippen LogP contribution is 2.20. The summed E-state index contributed by atoms with van der Waals surface area (Å²) in [7, 11) is 0. The number of aliphatic hydroxyl groups is 1. The van der Waals surface area contributed by atoms with E-state index in [1.807, 2.05) is 25.7 Å². The number of amides is 1. The summed E-state index contributed by atoms with van der Waals surface area (Å²) in [5.74, 6) is 0.613. The molecule has 1 amide bonds. The van der Waals surface area contributed by atoms with Crippen molar-refractivity contribution in [2.24, 2.45) is 0 Å². The zero-order valence-electron chi connectivity index (χ0n) is 14.5. The Labute approximate surface area is 137 Å². The summed E-state index contributed by atoms with van der Waals surface area (Å²) in [4.78, 5) is 24.4. The fraction of sp³-hybridized carbons (Fsp3) is 0.688. The van der Waals surface area contributed by atoms with Crippen molar-refractivity contribution in [3.63, 3.8) is 0 Å². The smallest absolute Gasteiger partial charge is 0.410 e. The van der Waals surface area contributed by atoms with Crippen LogP contribution < -0.4 is 4.90 Å². The average molecular weight is 322 g/mol. The maximum absolute atomic E-state index is 12.0. The van der Waals surface area contributed by atoms with Crippen LogP contribution in [0.2, 0.25) is 0 Å². The first-order chi connectivity index (χ1) is 10.6. The summed E-state index contributed by atoms with van der Waals surface area (Å²) < 4.78 is 5.38. The second kappa shape index (κ2) is 6.31. The molecule has 7 heteroatoms. The van der Waals surface area contributed by atoms with Gasteiger partial charge in [-0.2, -0.15) is 0 Å². The second-order valence-corrected chi connectivity index (χ2v) is 7.29. The molecule has 0 unspecified atom stereocenters. The molecular weight excluding hydrogens is 296 g/mol. The number of anilines is 1. The highest BCUT2D eigenvalue weighted by molar-refractivity contribution is 5.68. The van der Waals surface area contributed by atoms with Crippen LogP contribution in [0, 0.1) is 0 Å². The number of carbonyl (C=O) groups excluding carboxylic acids is 1. The minimum atomic E-state index is -0.950. The molecule has 1 aromatic heterocycles. The van der Waals surface area contributed by atoms with E-state index >= 15 is 0 Å². The van der Waals surface area contributed by atoms with Crippen LogP contribution in [0.3, 0.4) is 0 Å². The van der Waals surface area contributed by atoms with E-state index in [4.69, 9.17) is 4.74 Å². The molecule has 0 radical (unpaired) electrons. The maximum atomic E-state index is 12.0. The molecule has 7 nitrogen and oxygen atoms in total. The number of nitrogens with zero attached hydrogens (tertiary/aromatic N) is 4. The van der Waals surface area contributed by atoms with Crippen LogP contribution >= 0.6 is 0 Å². The number of ether oxygens (including phenoxy) is 1. The number of hydrogen-bond acceptors (Lipinski definition) is 6. The Morgan fingerprint density at radius 1 is 1.09 bits per heavy atom. The number of carbonyl (C=O) groups is 1. The number of rotatable bonds is 2. The number of piperazine rings is 1. The molecule has 23 heavy (non-hydrogen) atoms. The van der Waals surface area contributed by atoms with Crippen molar-refractivity contribution < 1.29 is 14.6 Å². The molecule has 1 N–H and O–H groups in total. The van der Waals surface area contributed by atoms with E-state index in [1.54, 1.807) is 31.1 Å². The van der Waals surface area contributed by atoms with Gasteiger partial charge in [0, 0.05) is 44.1 Å². The van der Waals surface area contributed by atoms with Crippen LogP contribution in [0.5, 0.6) is 0 Å². The third-order valence-electron chi connectivity index (χ3n) is 3.56. The Hall–Kier alpha value is -1.89. The van der Waals surface area contributed by atoms with Crippen molar-refractivity contribution in [1.82, 2.24) is 14.9 Å². The van der Waals surface area contributed by atoms with Crippen LogP contribution in [-0.4, -0.2) is 57.8 Å². The third kappa shape index (κ3) is 4.79. The highest BCUT2D eigenvalue weighted by atomic mass is 16.6. The van der Waals surface area contributed by atoms with Crippen molar-refractivity contribution in [3.8, 4) is 0 Å². The van der Waals surface area contributed by atoms with E-state index in [2.05, 4.69) is 9.97 Å². The molecule has 1 aromatic rings. The van der Waals surface area contributed by atoms with Crippen molar-refractivity contribution in [3.05, 3.63) is 18.0 Å². The van der Waals surface area contributed by atoms with Gasteiger partial charge in [0.15, 0.2) is 0 Å². The lowest BCUT2D eigenvalue weighted by molar-refractivity contribution is 0.0240. The minimum Gasteiger partial charge on any atom is -0.444 e. The fourth-order valence-corrected chi connectivity index (χ4v) is 2.22. The molecule has 0 bridgehead atoms. The lowest BCUT2D eigenvalue weighted by Gasteiger charge is -2.35. The number of hydrogen-bond donors (Lipinski definition) is 1. The molecule has 1 fully saturated rings. The Balaban J connectivity index is 1.93. The van der Waals surface area contributed by atoms with Gasteiger partial charge in [0.2, 0.25) is 5.95 Å². The van der Waals surface area contributed by atoms with Crippen LogP contribution in [0.4, 0.5) is 10.7 Å². The summed E-state index contributed by atoms with van der Waals surface area (Å²) in [6, 6.07) is 0. The van der Waals surface area contributed by atoms with Gasteiger partial charge in [-0.05, 0) is 34.6 Å². The molecule has 1 aliphatic heterocycles. The summed E-state index contributed by atoms with van der Waals surface area (Å²) in [5, 5.41) is 9.93. The Bertz CT molecular complexity index is 538. The third-order valence-corrected chi connectivity index (χ3v) is 3.56. The van der Waals surface area contributed by atoms with E-state index < -0.39 is 11.2 Å². The molecular formula is C16H26N4O3. The van der Waals surface area contributed by atoms with Crippen molar-refractivity contribution in [2.45, 2.75) is 45.8 Å². The van der Waals surface area contributed by atoms with Crippen molar-refractivity contribution in [2.75, 3.05) is 31.1 Å². The lowest BCUT2D eigenvalue weighted by atomic mass is 10.0. The maximum Gasteiger partial charge on any atom is 0.410 e. The lowest BCUT2D eigenvalue weighted by Crippen LogP contribution is -2.50. The fourth-order valence-electron chi connectivity index (χ4n) is 2.22. The van der Waals surface area contributed by atoms with Crippen LogP contribution in [0.15, 0.2) is 12.4 Å². The van der Waals surface area contributed by atoms with E-state index in [-0.39, 0.29) is 6.09 Å². The summed E-state index contributed by atoms with van der Waals surface area (Å²) >= 11 is 0. The average Bonchev–Trinajstić information content (AvgIpc) is 2.45. The Morgan fingerprint density at radius 3 is 2.04 bits per heavy atom. The SMILES string of the molecule is CC(C)(C)OC(=O)N1CCN(c2ncc(C(C)(C)O)cn2)CC1. The predicted octanol–water partition coefficient (Wildman–Crippen LogP) is 1.76. The topological polar surface area (TPSA) is 78.8 Å². The quantitative estimate of drug-likeness (QED) is 0.894. The first-order valence-electron chi connectivity index (χ1n) is 7.84. The first kappa shape index (κ1) is 17.5. The minimum absolute atomic E-state index is 0.282. The van der Waals surface area contributed by atoms with Crippen molar-refractivity contribution >= 4 is 12.0 Å². The molecule has 2 heterocycles. The normalized spacial score (nSPS) is 16.4. The molecule has 1 aliphatic rings. The molecule has 0 aromatic carbocycles. The summed E-state index contributed by atoms with van der Waals surface area (Å²) in [6.45, 7) is 11.4. The van der Waals surface area contributed by atoms with Gasteiger partial charge in [0.05, 0.1) is 5.60 Å². The molecule has 0 spiro atoms. The molecule has 1 saturated heterocycles. The summed E-state index contributed by atoms with van der Waals surface area (Å²) in [5.41, 5.74) is -0.758. The largest absolute Gasteiger partial charge is 0.444 e. The van der Waals surface area contributed by atoms with E-state index in [9.17, 15) is 9.90 Å².